The number of thioether (sulfide) groups is 1. The van der Waals surface area contributed by atoms with Crippen molar-refractivity contribution >= 4 is 28.5 Å². The fraction of sp³-hybridized carbons (Fsp3) is 0.769. The second-order valence-electron chi connectivity index (χ2n) is 5.33. The third-order valence-electron chi connectivity index (χ3n) is 3.53. The van der Waals surface area contributed by atoms with Crippen LogP contribution in [0.25, 0.3) is 0 Å². The van der Waals surface area contributed by atoms with Crippen molar-refractivity contribution in [2.45, 2.75) is 50.3 Å². The van der Waals surface area contributed by atoms with E-state index in [4.69, 9.17) is 4.74 Å². The van der Waals surface area contributed by atoms with E-state index < -0.39 is 0 Å². The van der Waals surface area contributed by atoms with Gasteiger partial charge in [-0.05, 0) is 25.7 Å². The molecule has 0 radical (unpaired) electrons. The minimum atomic E-state index is -0.0744. The molecule has 0 spiro atoms. The molecule has 0 aromatic carbocycles. The number of carbonyl (C=O) groups is 1. The average Bonchev–Trinajstić information content (AvgIpc) is 2.86. The Balaban J connectivity index is 1.87. The van der Waals surface area contributed by atoms with E-state index in [1.165, 1.54) is 48.5 Å². The second kappa shape index (κ2) is 7.26. The van der Waals surface area contributed by atoms with Crippen molar-refractivity contribution in [3.05, 3.63) is 0 Å². The molecule has 1 aliphatic rings. The highest BCUT2D eigenvalue weighted by Crippen LogP contribution is 2.30. The smallest absolute Gasteiger partial charge is 0.294 e. The summed E-state index contributed by atoms with van der Waals surface area (Å²) in [6, 6.07) is 0. The summed E-state index contributed by atoms with van der Waals surface area (Å²) in [6.45, 7) is 2.11. The van der Waals surface area contributed by atoms with Crippen LogP contribution in [0, 0.1) is 5.92 Å². The lowest BCUT2D eigenvalue weighted by Gasteiger charge is -2.26. The molecule has 0 N–H and O–H groups in total. The fourth-order valence-corrected chi connectivity index (χ4v) is 3.62. The van der Waals surface area contributed by atoms with Gasteiger partial charge >= 0.3 is 0 Å². The molecule has 1 heterocycles. The molecule has 5 nitrogen and oxygen atoms in total. The van der Waals surface area contributed by atoms with E-state index in [0.717, 1.165) is 11.8 Å². The lowest BCUT2D eigenvalue weighted by Crippen LogP contribution is -2.25. The van der Waals surface area contributed by atoms with Gasteiger partial charge in [0.15, 0.2) is 0 Å². The third kappa shape index (κ3) is 4.34. The normalized spacial score (nSPS) is 17.8. The zero-order valence-corrected chi connectivity index (χ0v) is 13.8. The molecular formula is C13H21N3O2S2. The Bertz CT molecular complexity index is 445. The molecule has 1 aromatic heterocycles. The second-order valence-corrected chi connectivity index (χ2v) is 6.96. The standard InChI is InChI=1S/C13H21N3O2S2/c1-9(10-7-5-4-6-8-10)18-12-14-11(15-20-12)19-13(17)16(2)3/h9-10H,4-8H2,1-3H3. The van der Waals surface area contributed by atoms with Gasteiger partial charge in [0.25, 0.3) is 10.4 Å². The Morgan fingerprint density at radius 2 is 2.10 bits per heavy atom. The molecular weight excluding hydrogens is 294 g/mol. The first-order chi connectivity index (χ1) is 9.56. The lowest BCUT2D eigenvalue weighted by molar-refractivity contribution is 0.122. The highest BCUT2D eigenvalue weighted by Gasteiger charge is 2.23. The van der Waals surface area contributed by atoms with Gasteiger partial charge in [-0.2, -0.15) is 9.36 Å². The van der Waals surface area contributed by atoms with Crippen LogP contribution in [0.2, 0.25) is 0 Å². The Hall–Kier alpha value is -0.820. The Morgan fingerprint density at radius 3 is 2.75 bits per heavy atom. The van der Waals surface area contributed by atoms with Gasteiger partial charge < -0.3 is 9.64 Å². The van der Waals surface area contributed by atoms with Crippen LogP contribution < -0.4 is 4.74 Å². The minimum absolute atomic E-state index is 0.0744. The van der Waals surface area contributed by atoms with E-state index in [1.54, 1.807) is 14.1 Å². The molecule has 1 fully saturated rings. The zero-order valence-electron chi connectivity index (χ0n) is 12.2. The summed E-state index contributed by atoms with van der Waals surface area (Å²) in [4.78, 5) is 17.3. The molecule has 1 amide bonds. The van der Waals surface area contributed by atoms with Gasteiger partial charge in [0.05, 0.1) is 0 Å². The van der Waals surface area contributed by atoms with Crippen molar-refractivity contribution < 1.29 is 9.53 Å². The maximum atomic E-state index is 11.6. The van der Waals surface area contributed by atoms with Crippen molar-refractivity contribution in [3.8, 4) is 5.19 Å². The first kappa shape index (κ1) is 15.6. The SMILES string of the molecule is CC(Oc1nc(SC(=O)N(C)C)ns1)C1CCCCC1. The molecule has 7 heteroatoms. The van der Waals surface area contributed by atoms with Gasteiger partial charge in [-0.25, -0.2) is 0 Å². The van der Waals surface area contributed by atoms with Crippen LogP contribution in [-0.4, -0.2) is 39.7 Å². The summed E-state index contributed by atoms with van der Waals surface area (Å²) in [5.74, 6) is 0.618. The summed E-state index contributed by atoms with van der Waals surface area (Å²) >= 11 is 2.25. The summed E-state index contributed by atoms with van der Waals surface area (Å²) in [6.07, 6.45) is 6.59. The van der Waals surface area contributed by atoms with Crippen LogP contribution in [0.3, 0.4) is 0 Å². The number of ether oxygens (including phenoxy) is 1. The topological polar surface area (TPSA) is 55.3 Å². The maximum Gasteiger partial charge on any atom is 0.294 e. The molecule has 0 aliphatic heterocycles. The number of amides is 1. The van der Waals surface area contributed by atoms with Gasteiger partial charge in [0.2, 0.25) is 5.16 Å². The molecule has 1 aliphatic carbocycles. The monoisotopic (exact) mass is 315 g/mol. The van der Waals surface area contributed by atoms with Crippen molar-refractivity contribution in [1.29, 1.82) is 0 Å². The first-order valence-corrected chi connectivity index (χ1v) is 8.54. The highest BCUT2D eigenvalue weighted by atomic mass is 32.2. The molecule has 0 saturated heterocycles. The van der Waals surface area contributed by atoms with Crippen molar-refractivity contribution in [2.24, 2.45) is 5.92 Å². The van der Waals surface area contributed by atoms with E-state index in [0.29, 0.717) is 16.3 Å². The van der Waals surface area contributed by atoms with Gasteiger partial charge in [-0.1, -0.05) is 19.3 Å². The maximum absolute atomic E-state index is 11.6. The Kier molecular flexibility index (Phi) is 5.65. The van der Waals surface area contributed by atoms with Crippen LogP contribution in [0.1, 0.15) is 39.0 Å². The average molecular weight is 315 g/mol. The quantitative estimate of drug-likeness (QED) is 0.794. The zero-order chi connectivity index (χ0) is 14.5. The highest BCUT2D eigenvalue weighted by molar-refractivity contribution is 8.13. The van der Waals surface area contributed by atoms with Crippen molar-refractivity contribution in [3.63, 3.8) is 0 Å². The van der Waals surface area contributed by atoms with Gasteiger partial charge in [-0.15, -0.1) is 0 Å². The van der Waals surface area contributed by atoms with Gasteiger partial charge in [0, 0.05) is 37.4 Å². The van der Waals surface area contributed by atoms with Gasteiger partial charge in [0.1, 0.15) is 6.10 Å². The largest absolute Gasteiger partial charge is 0.466 e. The van der Waals surface area contributed by atoms with E-state index in [1.807, 2.05) is 0 Å². The third-order valence-corrected chi connectivity index (χ3v) is 5.16. The van der Waals surface area contributed by atoms with Crippen molar-refractivity contribution in [2.75, 3.05) is 14.1 Å². The summed E-state index contributed by atoms with van der Waals surface area (Å²) in [5.41, 5.74) is 0. The number of rotatable bonds is 4. The molecule has 20 heavy (non-hydrogen) atoms. The van der Waals surface area contributed by atoms with E-state index in [9.17, 15) is 4.79 Å². The van der Waals surface area contributed by atoms with Crippen LogP contribution in [0.5, 0.6) is 5.19 Å². The van der Waals surface area contributed by atoms with E-state index in [2.05, 4.69) is 16.3 Å². The summed E-state index contributed by atoms with van der Waals surface area (Å²) in [5, 5.41) is 0.964. The first-order valence-electron chi connectivity index (χ1n) is 6.95. The Labute approximate surface area is 128 Å². The molecule has 1 aromatic rings. The minimum Gasteiger partial charge on any atom is -0.466 e. The summed E-state index contributed by atoms with van der Waals surface area (Å²) in [7, 11) is 3.43. The predicted octanol–water partition coefficient (Wildman–Crippen LogP) is 3.66. The fourth-order valence-electron chi connectivity index (χ4n) is 2.31. The summed E-state index contributed by atoms with van der Waals surface area (Å²) < 4.78 is 10.0. The molecule has 1 saturated carbocycles. The van der Waals surface area contributed by atoms with Crippen molar-refractivity contribution in [1.82, 2.24) is 14.3 Å². The molecule has 1 atom stereocenters. The number of nitrogens with zero attached hydrogens (tertiary/aromatic N) is 3. The van der Waals surface area contributed by atoms with E-state index >= 15 is 0 Å². The van der Waals surface area contributed by atoms with Gasteiger partial charge in [-0.3, -0.25) is 4.79 Å². The van der Waals surface area contributed by atoms with Crippen LogP contribution in [0.15, 0.2) is 5.16 Å². The molecule has 2 rings (SSSR count). The lowest BCUT2D eigenvalue weighted by atomic mass is 9.86. The molecule has 1 unspecified atom stereocenters. The van der Waals surface area contributed by atoms with Crippen LogP contribution in [0.4, 0.5) is 4.79 Å². The number of carbonyl (C=O) groups excluding carboxylic acids is 1. The van der Waals surface area contributed by atoms with Crippen LogP contribution >= 0.6 is 23.3 Å². The Morgan fingerprint density at radius 1 is 1.40 bits per heavy atom. The van der Waals surface area contributed by atoms with E-state index in [-0.39, 0.29) is 11.3 Å². The van der Waals surface area contributed by atoms with Crippen LogP contribution in [-0.2, 0) is 0 Å². The number of hydrogen-bond acceptors (Lipinski definition) is 6. The molecule has 0 bridgehead atoms. The molecule has 112 valence electrons. The number of hydrogen-bond donors (Lipinski definition) is 0. The number of aromatic nitrogens is 2. The predicted molar refractivity (Wildman–Crippen MR) is 81.5 cm³/mol.